The van der Waals surface area contributed by atoms with Crippen LogP contribution in [0.25, 0.3) is 0 Å². The summed E-state index contributed by atoms with van der Waals surface area (Å²) in [6.07, 6.45) is 3.12. The summed E-state index contributed by atoms with van der Waals surface area (Å²) in [5, 5.41) is 12.6. The van der Waals surface area contributed by atoms with Crippen molar-refractivity contribution in [3.8, 4) is 0 Å². The van der Waals surface area contributed by atoms with E-state index >= 15 is 0 Å². The smallest absolute Gasteiger partial charge is 0.217 e. The normalized spacial score (nSPS) is 18.2. The minimum Gasteiger partial charge on any atom is -0.389 e. The van der Waals surface area contributed by atoms with Gasteiger partial charge in [-0.05, 0) is 37.5 Å². The van der Waals surface area contributed by atoms with Crippen molar-refractivity contribution >= 4 is 11.7 Å². The van der Waals surface area contributed by atoms with Crippen LogP contribution in [-0.2, 0) is 4.79 Å². The van der Waals surface area contributed by atoms with E-state index in [9.17, 15) is 9.90 Å². The number of carbonyl (C=O) groups is 1. The molecule has 2 heterocycles. The second-order valence-electron chi connectivity index (χ2n) is 5.09. The number of hydrogen-bond donors (Lipinski definition) is 2. The lowest BCUT2D eigenvalue weighted by molar-refractivity contribution is -0.119. The first-order valence-corrected chi connectivity index (χ1v) is 6.72. The molecule has 5 nitrogen and oxygen atoms in total. The van der Waals surface area contributed by atoms with Crippen LogP contribution in [0.5, 0.6) is 0 Å². The number of pyridine rings is 1. The number of aromatic nitrogens is 1. The van der Waals surface area contributed by atoms with E-state index in [1.54, 1.807) is 20.0 Å². The number of rotatable bonds is 3. The Hall–Kier alpha value is -1.62. The maximum absolute atomic E-state index is 11.0. The van der Waals surface area contributed by atoms with E-state index in [1.165, 1.54) is 0 Å². The number of nitrogens with one attached hydrogen (secondary N) is 1. The molecule has 0 bridgehead atoms. The number of aliphatic hydroxyl groups excluding tert-OH is 1. The van der Waals surface area contributed by atoms with E-state index < -0.39 is 6.10 Å². The molecule has 1 saturated heterocycles. The SMILES string of the molecule is CC(=O)NC1CCN(c2cc([C@@H](C)O)ccn2)CC1. The lowest BCUT2D eigenvalue weighted by atomic mass is 10.0. The second kappa shape index (κ2) is 6.02. The van der Waals surface area contributed by atoms with Crippen molar-refractivity contribution in [2.24, 2.45) is 0 Å². The van der Waals surface area contributed by atoms with Gasteiger partial charge in [-0.3, -0.25) is 4.79 Å². The van der Waals surface area contributed by atoms with Gasteiger partial charge in [0.25, 0.3) is 0 Å². The van der Waals surface area contributed by atoms with Crippen LogP contribution in [0.2, 0.25) is 0 Å². The summed E-state index contributed by atoms with van der Waals surface area (Å²) in [6.45, 7) is 5.06. The molecule has 104 valence electrons. The summed E-state index contributed by atoms with van der Waals surface area (Å²) in [5.74, 6) is 0.937. The minimum absolute atomic E-state index is 0.0349. The average Bonchev–Trinajstić information content (AvgIpc) is 2.39. The molecule has 5 heteroatoms. The fourth-order valence-corrected chi connectivity index (χ4v) is 2.41. The summed E-state index contributed by atoms with van der Waals surface area (Å²) in [4.78, 5) is 17.6. The van der Waals surface area contributed by atoms with Gasteiger partial charge in [0, 0.05) is 32.3 Å². The molecule has 1 aliphatic rings. The number of hydrogen-bond acceptors (Lipinski definition) is 4. The van der Waals surface area contributed by atoms with E-state index in [4.69, 9.17) is 0 Å². The molecule has 0 aromatic carbocycles. The molecule has 0 saturated carbocycles. The molecular weight excluding hydrogens is 242 g/mol. The van der Waals surface area contributed by atoms with E-state index in [0.29, 0.717) is 0 Å². The molecule has 0 aliphatic carbocycles. The Morgan fingerprint density at radius 3 is 2.79 bits per heavy atom. The highest BCUT2D eigenvalue weighted by Gasteiger charge is 2.20. The van der Waals surface area contributed by atoms with Gasteiger partial charge in [-0.2, -0.15) is 0 Å². The third kappa shape index (κ3) is 3.67. The van der Waals surface area contributed by atoms with E-state index in [1.807, 2.05) is 12.1 Å². The molecule has 1 atom stereocenters. The molecule has 0 radical (unpaired) electrons. The van der Waals surface area contributed by atoms with Crippen molar-refractivity contribution in [1.29, 1.82) is 0 Å². The van der Waals surface area contributed by atoms with Gasteiger partial charge in [-0.1, -0.05) is 0 Å². The fraction of sp³-hybridized carbons (Fsp3) is 0.571. The first-order chi connectivity index (χ1) is 9.06. The van der Waals surface area contributed by atoms with Crippen LogP contribution >= 0.6 is 0 Å². The maximum Gasteiger partial charge on any atom is 0.217 e. The van der Waals surface area contributed by atoms with Gasteiger partial charge in [0.15, 0.2) is 0 Å². The Bertz CT molecular complexity index is 440. The largest absolute Gasteiger partial charge is 0.389 e. The van der Waals surface area contributed by atoms with Crippen molar-refractivity contribution < 1.29 is 9.90 Å². The number of carbonyl (C=O) groups excluding carboxylic acids is 1. The lowest BCUT2D eigenvalue weighted by Crippen LogP contribution is -2.44. The Balaban J connectivity index is 1.97. The number of nitrogens with zero attached hydrogens (tertiary/aromatic N) is 2. The summed E-state index contributed by atoms with van der Waals surface area (Å²) < 4.78 is 0. The molecule has 1 aliphatic heterocycles. The van der Waals surface area contributed by atoms with Crippen molar-refractivity contribution in [2.45, 2.75) is 38.8 Å². The summed E-state index contributed by atoms with van der Waals surface area (Å²) in [5.41, 5.74) is 0.883. The van der Waals surface area contributed by atoms with Crippen LogP contribution in [0, 0.1) is 0 Å². The summed E-state index contributed by atoms with van der Waals surface area (Å²) in [7, 11) is 0. The Morgan fingerprint density at radius 2 is 2.21 bits per heavy atom. The predicted octanol–water partition coefficient (Wildman–Crippen LogP) is 1.24. The van der Waals surface area contributed by atoms with Gasteiger partial charge < -0.3 is 15.3 Å². The molecule has 2 N–H and O–H groups in total. The molecule has 1 aromatic heterocycles. The van der Waals surface area contributed by atoms with Crippen molar-refractivity contribution in [1.82, 2.24) is 10.3 Å². The Kier molecular flexibility index (Phi) is 4.37. The second-order valence-corrected chi connectivity index (χ2v) is 5.09. The molecule has 19 heavy (non-hydrogen) atoms. The van der Waals surface area contributed by atoms with E-state index in [-0.39, 0.29) is 11.9 Å². The quantitative estimate of drug-likeness (QED) is 0.861. The third-order valence-corrected chi connectivity index (χ3v) is 3.48. The maximum atomic E-state index is 11.0. The molecule has 1 aromatic rings. The monoisotopic (exact) mass is 263 g/mol. The van der Waals surface area contributed by atoms with Crippen LogP contribution in [0.1, 0.15) is 38.4 Å². The zero-order valence-corrected chi connectivity index (χ0v) is 11.5. The highest BCUT2D eigenvalue weighted by molar-refractivity contribution is 5.73. The molecule has 0 spiro atoms. The lowest BCUT2D eigenvalue weighted by Gasteiger charge is -2.33. The average molecular weight is 263 g/mol. The van der Waals surface area contributed by atoms with Crippen LogP contribution in [0.4, 0.5) is 5.82 Å². The molecule has 1 amide bonds. The van der Waals surface area contributed by atoms with Gasteiger partial charge >= 0.3 is 0 Å². The molecule has 2 rings (SSSR count). The van der Waals surface area contributed by atoms with Crippen molar-refractivity contribution in [3.05, 3.63) is 23.9 Å². The summed E-state index contributed by atoms with van der Waals surface area (Å²) >= 11 is 0. The van der Waals surface area contributed by atoms with Crippen LogP contribution in [0.3, 0.4) is 0 Å². The predicted molar refractivity (Wildman–Crippen MR) is 73.9 cm³/mol. The third-order valence-electron chi connectivity index (χ3n) is 3.48. The van der Waals surface area contributed by atoms with Gasteiger partial charge in [0.2, 0.25) is 5.91 Å². The zero-order valence-electron chi connectivity index (χ0n) is 11.5. The highest BCUT2D eigenvalue weighted by atomic mass is 16.3. The summed E-state index contributed by atoms with van der Waals surface area (Å²) in [6, 6.07) is 4.04. The van der Waals surface area contributed by atoms with E-state index in [0.717, 1.165) is 37.3 Å². The van der Waals surface area contributed by atoms with Gasteiger partial charge in [-0.15, -0.1) is 0 Å². The molecule has 1 fully saturated rings. The number of piperidine rings is 1. The van der Waals surface area contributed by atoms with Crippen LogP contribution in [-0.4, -0.2) is 35.1 Å². The van der Waals surface area contributed by atoms with Crippen LogP contribution in [0.15, 0.2) is 18.3 Å². The first kappa shape index (κ1) is 13.8. The van der Waals surface area contributed by atoms with Gasteiger partial charge in [0.05, 0.1) is 6.10 Å². The number of aliphatic hydroxyl groups is 1. The topological polar surface area (TPSA) is 65.5 Å². The van der Waals surface area contributed by atoms with E-state index in [2.05, 4.69) is 15.2 Å². The van der Waals surface area contributed by atoms with Crippen molar-refractivity contribution in [3.63, 3.8) is 0 Å². The number of anilines is 1. The fourth-order valence-electron chi connectivity index (χ4n) is 2.41. The van der Waals surface area contributed by atoms with Gasteiger partial charge in [-0.25, -0.2) is 4.98 Å². The Morgan fingerprint density at radius 1 is 1.53 bits per heavy atom. The highest BCUT2D eigenvalue weighted by Crippen LogP contribution is 2.21. The van der Waals surface area contributed by atoms with Gasteiger partial charge in [0.1, 0.15) is 5.82 Å². The Labute approximate surface area is 113 Å². The number of amides is 1. The van der Waals surface area contributed by atoms with Crippen molar-refractivity contribution in [2.75, 3.05) is 18.0 Å². The zero-order chi connectivity index (χ0) is 13.8. The van der Waals surface area contributed by atoms with Crippen LogP contribution < -0.4 is 10.2 Å². The molecular formula is C14H21N3O2. The first-order valence-electron chi connectivity index (χ1n) is 6.72. The minimum atomic E-state index is -0.473. The molecule has 0 unspecified atom stereocenters. The standard InChI is InChI=1S/C14H21N3O2/c1-10(18)12-3-6-15-14(9-12)17-7-4-13(5-8-17)16-11(2)19/h3,6,9-10,13,18H,4-5,7-8H2,1-2H3,(H,16,19)/t10-/m1/s1.